The molecule has 112 valence electrons. The third kappa shape index (κ3) is 4.37. The molecule has 0 saturated carbocycles. The van der Waals surface area contributed by atoms with E-state index in [1.165, 1.54) is 12.1 Å². The van der Waals surface area contributed by atoms with Crippen LogP contribution in [0.1, 0.15) is 33.3 Å². The van der Waals surface area contributed by atoms with Crippen LogP contribution >= 0.6 is 11.6 Å². The highest BCUT2D eigenvalue weighted by molar-refractivity contribution is 6.30. The molecule has 0 spiro atoms. The summed E-state index contributed by atoms with van der Waals surface area (Å²) in [6, 6.07) is 3.51. The Morgan fingerprint density at radius 3 is 2.10 bits per heavy atom. The third-order valence-electron chi connectivity index (χ3n) is 2.58. The SMILES string of the molecule is CC(C)N(N=Nc1ccc(Cl)cc1C(F)(F)F)C(C)C. The lowest BCUT2D eigenvalue weighted by Crippen LogP contribution is -2.31. The van der Waals surface area contributed by atoms with Gasteiger partial charge in [-0.15, -0.1) is 5.11 Å². The van der Waals surface area contributed by atoms with Crippen LogP contribution < -0.4 is 0 Å². The van der Waals surface area contributed by atoms with Crippen LogP contribution in [0.15, 0.2) is 28.5 Å². The summed E-state index contributed by atoms with van der Waals surface area (Å²) in [5.74, 6) is 0. The van der Waals surface area contributed by atoms with Crippen molar-refractivity contribution in [3.63, 3.8) is 0 Å². The fourth-order valence-electron chi connectivity index (χ4n) is 1.73. The van der Waals surface area contributed by atoms with Crippen LogP contribution in [0.3, 0.4) is 0 Å². The molecule has 3 nitrogen and oxygen atoms in total. The van der Waals surface area contributed by atoms with Gasteiger partial charge < -0.3 is 0 Å². The lowest BCUT2D eigenvalue weighted by molar-refractivity contribution is -0.137. The lowest BCUT2D eigenvalue weighted by Gasteiger charge is -2.25. The van der Waals surface area contributed by atoms with Crippen molar-refractivity contribution in [2.45, 2.75) is 46.0 Å². The molecule has 0 fully saturated rings. The summed E-state index contributed by atoms with van der Waals surface area (Å²) in [5.41, 5.74) is -1.13. The van der Waals surface area contributed by atoms with Crippen LogP contribution in [0.4, 0.5) is 18.9 Å². The summed E-state index contributed by atoms with van der Waals surface area (Å²) in [5, 5.41) is 9.29. The zero-order valence-corrected chi connectivity index (χ0v) is 12.5. The quantitative estimate of drug-likeness (QED) is 0.535. The van der Waals surface area contributed by atoms with E-state index in [0.717, 1.165) is 6.07 Å². The van der Waals surface area contributed by atoms with Crippen molar-refractivity contribution in [3.8, 4) is 0 Å². The largest absolute Gasteiger partial charge is 0.418 e. The average molecular weight is 308 g/mol. The molecule has 1 aromatic carbocycles. The number of benzene rings is 1. The van der Waals surface area contributed by atoms with Gasteiger partial charge in [0.15, 0.2) is 0 Å². The van der Waals surface area contributed by atoms with Gasteiger partial charge in [-0.1, -0.05) is 16.8 Å². The third-order valence-corrected chi connectivity index (χ3v) is 2.81. The topological polar surface area (TPSA) is 28.0 Å². The summed E-state index contributed by atoms with van der Waals surface area (Å²) in [6.45, 7) is 7.58. The van der Waals surface area contributed by atoms with E-state index in [9.17, 15) is 13.2 Å². The Morgan fingerprint density at radius 1 is 1.10 bits per heavy atom. The van der Waals surface area contributed by atoms with Gasteiger partial charge in [-0.2, -0.15) is 13.2 Å². The summed E-state index contributed by atoms with van der Waals surface area (Å²) in [7, 11) is 0. The minimum absolute atomic E-state index is 0.0147. The average Bonchev–Trinajstić information content (AvgIpc) is 2.28. The van der Waals surface area contributed by atoms with Gasteiger partial charge in [0.1, 0.15) is 0 Å². The Hall–Kier alpha value is -1.30. The van der Waals surface area contributed by atoms with Gasteiger partial charge in [0.25, 0.3) is 0 Å². The summed E-state index contributed by atoms with van der Waals surface area (Å²) in [6.07, 6.45) is -4.51. The molecule has 0 saturated heterocycles. The van der Waals surface area contributed by atoms with Gasteiger partial charge in [0.05, 0.1) is 11.3 Å². The van der Waals surface area contributed by atoms with Gasteiger partial charge in [0, 0.05) is 17.1 Å². The predicted molar refractivity (Wildman–Crippen MR) is 73.1 cm³/mol. The molecule has 0 amide bonds. The van der Waals surface area contributed by atoms with Crippen molar-refractivity contribution >= 4 is 17.3 Å². The molecule has 0 aromatic heterocycles. The molecule has 7 heteroatoms. The Morgan fingerprint density at radius 2 is 1.65 bits per heavy atom. The second kappa shape index (κ2) is 6.43. The first-order valence-electron chi connectivity index (χ1n) is 6.19. The Labute approximate surface area is 121 Å². The lowest BCUT2D eigenvalue weighted by atomic mass is 10.2. The van der Waals surface area contributed by atoms with Crippen LogP contribution in [0.25, 0.3) is 0 Å². The molecule has 1 rings (SSSR count). The Balaban J connectivity index is 3.15. The van der Waals surface area contributed by atoms with Crippen molar-refractivity contribution in [2.75, 3.05) is 0 Å². The van der Waals surface area contributed by atoms with Crippen molar-refractivity contribution in [1.29, 1.82) is 0 Å². The molecule has 0 atom stereocenters. The number of halogens is 4. The van der Waals surface area contributed by atoms with Crippen LogP contribution in [-0.2, 0) is 6.18 Å². The Kier molecular flexibility index (Phi) is 5.39. The molecule has 0 aliphatic carbocycles. The molecule has 0 bridgehead atoms. The predicted octanol–water partition coefficient (Wildman–Crippen LogP) is 5.48. The maximum atomic E-state index is 12.9. The smallest absolute Gasteiger partial charge is 0.273 e. The van der Waals surface area contributed by atoms with Gasteiger partial charge >= 0.3 is 6.18 Å². The molecule has 0 unspecified atom stereocenters. The summed E-state index contributed by atoms with van der Waals surface area (Å²) < 4.78 is 38.7. The first kappa shape index (κ1) is 16.8. The van der Waals surface area contributed by atoms with Gasteiger partial charge in [-0.3, -0.25) is 5.01 Å². The highest BCUT2D eigenvalue weighted by Gasteiger charge is 2.34. The van der Waals surface area contributed by atoms with E-state index < -0.39 is 11.7 Å². The van der Waals surface area contributed by atoms with Gasteiger partial charge in [-0.25, -0.2) is 0 Å². The second-order valence-electron chi connectivity index (χ2n) is 4.92. The van der Waals surface area contributed by atoms with Crippen LogP contribution in [0, 0.1) is 0 Å². The van der Waals surface area contributed by atoms with E-state index in [2.05, 4.69) is 10.3 Å². The maximum Gasteiger partial charge on any atom is 0.418 e. The number of hydrogen-bond donors (Lipinski definition) is 0. The number of hydrogen-bond acceptors (Lipinski definition) is 2. The van der Waals surface area contributed by atoms with E-state index in [0.29, 0.717) is 0 Å². The first-order valence-corrected chi connectivity index (χ1v) is 6.57. The zero-order valence-electron chi connectivity index (χ0n) is 11.7. The molecule has 0 aliphatic heterocycles. The van der Waals surface area contributed by atoms with Crippen LogP contribution in [0.5, 0.6) is 0 Å². The van der Waals surface area contributed by atoms with E-state index >= 15 is 0 Å². The molecule has 1 aromatic rings. The van der Waals surface area contributed by atoms with Crippen molar-refractivity contribution in [2.24, 2.45) is 10.3 Å². The Bertz CT molecular complexity index is 476. The number of alkyl halides is 3. The number of rotatable bonds is 4. The van der Waals surface area contributed by atoms with Crippen molar-refractivity contribution < 1.29 is 13.2 Å². The summed E-state index contributed by atoms with van der Waals surface area (Å²) in [4.78, 5) is 0. The molecule has 0 N–H and O–H groups in total. The van der Waals surface area contributed by atoms with E-state index in [4.69, 9.17) is 11.6 Å². The van der Waals surface area contributed by atoms with Crippen LogP contribution in [-0.4, -0.2) is 17.1 Å². The normalized spacial score (nSPS) is 12.7. The molecular formula is C13H17ClF3N3. The standard InChI is InChI=1S/C13H17ClF3N3/c1-8(2)20(9(3)4)19-18-12-6-5-10(14)7-11(12)13(15,16)17/h5-9H,1-4H3. The summed E-state index contributed by atoms with van der Waals surface area (Å²) >= 11 is 5.60. The van der Waals surface area contributed by atoms with E-state index in [1.807, 2.05) is 27.7 Å². The van der Waals surface area contributed by atoms with E-state index in [1.54, 1.807) is 5.01 Å². The molecule has 0 heterocycles. The highest BCUT2D eigenvalue weighted by atomic mass is 35.5. The molecule has 20 heavy (non-hydrogen) atoms. The van der Waals surface area contributed by atoms with Crippen molar-refractivity contribution in [1.82, 2.24) is 5.01 Å². The monoisotopic (exact) mass is 307 g/mol. The minimum Gasteiger partial charge on any atom is -0.273 e. The molecule has 0 radical (unpaired) electrons. The van der Waals surface area contributed by atoms with Gasteiger partial charge in [0.2, 0.25) is 0 Å². The zero-order chi connectivity index (χ0) is 15.5. The molecular weight excluding hydrogens is 291 g/mol. The number of nitrogens with zero attached hydrogens (tertiary/aromatic N) is 3. The highest BCUT2D eigenvalue weighted by Crippen LogP contribution is 2.38. The second-order valence-corrected chi connectivity index (χ2v) is 5.35. The molecule has 0 aliphatic rings. The van der Waals surface area contributed by atoms with Crippen molar-refractivity contribution in [3.05, 3.63) is 28.8 Å². The minimum atomic E-state index is -4.51. The van der Waals surface area contributed by atoms with E-state index in [-0.39, 0.29) is 22.8 Å². The maximum absolute atomic E-state index is 12.9. The fourth-order valence-corrected chi connectivity index (χ4v) is 1.90. The first-order chi connectivity index (χ1) is 9.12. The fraction of sp³-hybridized carbons (Fsp3) is 0.538. The van der Waals surface area contributed by atoms with Gasteiger partial charge in [-0.05, 0) is 45.9 Å². The van der Waals surface area contributed by atoms with Crippen LogP contribution in [0.2, 0.25) is 5.02 Å².